The summed E-state index contributed by atoms with van der Waals surface area (Å²) in [6.07, 6.45) is -4.05. The summed E-state index contributed by atoms with van der Waals surface area (Å²) in [6.45, 7) is -0.941. The molecule has 0 aromatic carbocycles. The first-order valence-electron chi connectivity index (χ1n) is 13.3. The maximum absolute atomic E-state index is 13.9. The molecular formula is C22H29N7O14P2. The van der Waals surface area contributed by atoms with E-state index in [0.29, 0.717) is 0 Å². The van der Waals surface area contributed by atoms with Crippen molar-refractivity contribution < 1.29 is 55.5 Å². The Morgan fingerprint density at radius 2 is 1.78 bits per heavy atom. The van der Waals surface area contributed by atoms with Crippen LogP contribution >= 0.6 is 15.6 Å². The Morgan fingerprint density at radius 1 is 0.978 bits per heavy atom. The van der Waals surface area contributed by atoms with Gasteiger partial charge in [-0.3, -0.25) is 41.5 Å². The quantitative estimate of drug-likeness (QED) is 0.204. The van der Waals surface area contributed by atoms with Gasteiger partial charge in [-0.2, -0.15) is 0 Å². The predicted molar refractivity (Wildman–Crippen MR) is 146 cm³/mol. The highest BCUT2D eigenvalue weighted by molar-refractivity contribution is 7.48. The number of imidazole rings is 1. The Balaban J connectivity index is 1.36. The molecule has 45 heavy (non-hydrogen) atoms. The van der Waals surface area contributed by atoms with Crippen LogP contribution in [-0.4, -0.2) is 94.1 Å². The summed E-state index contributed by atoms with van der Waals surface area (Å²) < 4.78 is 81.0. The van der Waals surface area contributed by atoms with Crippen molar-refractivity contribution in [2.75, 3.05) is 40.3 Å². The van der Waals surface area contributed by atoms with Crippen molar-refractivity contribution in [2.45, 2.75) is 49.4 Å². The van der Waals surface area contributed by atoms with Gasteiger partial charge in [-0.1, -0.05) is 0 Å². The number of nitrogens with zero attached hydrogens (tertiary/aromatic N) is 5. The molecule has 3 aromatic rings. The van der Waals surface area contributed by atoms with Gasteiger partial charge in [0.1, 0.15) is 36.3 Å². The molecule has 3 aliphatic rings. The zero-order chi connectivity index (χ0) is 31.9. The third-order valence-corrected chi connectivity index (χ3v) is 9.95. The van der Waals surface area contributed by atoms with Crippen LogP contribution in [0.3, 0.4) is 0 Å². The molecule has 246 valence electrons. The summed E-state index contributed by atoms with van der Waals surface area (Å²) >= 11 is 0. The van der Waals surface area contributed by atoms with E-state index in [-0.39, 0.29) is 30.0 Å². The van der Waals surface area contributed by atoms with Gasteiger partial charge in [0.15, 0.2) is 23.9 Å². The highest BCUT2D eigenvalue weighted by atomic mass is 31.2. The van der Waals surface area contributed by atoms with E-state index in [4.69, 9.17) is 52.1 Å². The normalized spacial score (nSPS) is 35.8. The number of nitrogen functional groups attached to an aromatic ring is 1. The fourth-order valence-corrected chi connectivity index (χ4v) is 7.56. The van der Waals surface area contributed by atoms with Gasteiger partial charge in [-0.05, 0) is 0 Å². The van der Waals surface area contributed by atoms with E-state index in [9.17, 15) is 18.7 Å². The summed E-state index contributed by atoms with van der Waals surface area (Å²) in [7, 11) is -5.47. The first-order valence-corrected chi connectivity index (χ1v) is 16.2. The highest BCUT2D eigenvalue weighted by Crippen LogP contribution is 2.57. The molecule has 0 saturated carbocycles. The number of hydrogen-bond donors (Lipinski definition) is 2. The van der Waals surface area contributed by atoms with E-state index in [1.165, 1.54) is 30.5 Å². The van der Waals surface area contributed by atoms with Crippen LogP contribution in [0.25, 0.3) is 11.2 Å². The number of phosphoric ester groups is 2. The van der Waals surface area contributed by atoms with Crippen molar-refractivity contribution in [1.29, 1.82) is 0 Å². The van der Waals surface area contributed by atoms with Crippen molar-refractivity contribution in [3.8, 4) is 0 Å². The van der Waals surface area contributed by atoms with Crippen molar-refractivity contribution in [3.63, 3.8) is 0 Å². The summed E-state index contributed by atoms with van der Waals surface area (Å²) in [5.74, 6) is 0.119. The Bertz CT molecular complexity index is 1750. The minimum absolute atomic E-state index is 0.0241. The molecule has 0 aliphatic carbocycles. The average molecular weight is 677 g/mol. The molecule has 3 saturated heterocycles. The van der Waals surface area contributed by atoms with Crippen molar-refractivity contribution >= 4 is 32.6 Å². The zero-order valence-electron chi connectivity index (χ0n) is 23.9. The maximum Gasteiger partial charge on any atom is 0.502 e. The van der Waals surface area contributed by atoms with E-state index in [2.05, 4.69) is 19.9 Å². The van der Waals surface area contributed by atoms with Crippen LogP contribution < -0.4 is 17.0 Å². The molecular weight excluding hydrogens is 648 g/mol. The number of ether oxygens (including phenoxy) is 3. The standard InChI is InChI=1S/C22H29N7O14P2/c1-34-17-16-13(40-21(17)28-5-4-14(30)27-22(28)31)8-38-45(33,43-35-2)41-12-6-11(7-37-44(32,36-3)42-16)39-20(12)29-10-26-15-18(23)24-9-25-19(15)29/h4-5,9-13,16-17,20-21H,6-8H2,1-3H3,(H2,23,24,25)(H,27,30,31)/t11-,12+,13+,16+,17+,20+,21+,44?,45?/m0/s1. The fourth-order valence-electron chi connectivity index (χ4n) is 5.23. The number of hydrogen-bond acceptors (Lipinski definition) is 18. The lowest BCUT2D eigenvalue weighted by Gasteiger charge is -2.28. The third-order valence-electron chi connectivity index (χ3n) is 7.21. The molecule has 23 heteroatoms. The second kappa shape index (κ2) is 12.7. The number of nitrogens with one attached hydrogen (secondary N) is 1. The average Bonchev–Trinajstić information content (AvgIpc) is 3.70. The monoisotopic (exact) mass is 677 g/mol. The van der Waals surface area contributed by atoms with Gasteiger partial charge in [0, 0.05) is 32.9 Å². The Kier molecular flexibility index (Phi) is 9.05. The largest absolute Gasteiger partial charge is 0.502 e. The number of fused-ring (bicyclic) bond motifs is 4. The van der Waals surface area contributed by atoms with Crippen LogP contribution in [0.4, 0.5) is 5.82 Å². The molecule has 0 radical (unpaired) electrons. The molecule has 3 aliphatic heterocycles. The Labute approximate surface area is 252 Å². The van der Waals surface area contributed by atoms with Gasteiger partial charge >= 0.3 is 21.3 Å². The van der Waals surface area contributed by atoms with Crippen LogP contribution in [0, 0.1) is 0 Å². The van der Waals surface area contributed by atoms with Gasteiger partial charge in [0.05, 0.1) is 32.8 Å². The number of nitrogens with two attached hydrogens (primary N) is 1. The van der Waals surface area contributed by atoms with Crippen LogP contribution in [-0.2, 0) is 55.5 Å². The smallest absolute Gasteiger partial charge is 0.382 e. The molecule has 21 nitrogen and oxygen atoms in total. The lowest BCUT2D eigenvalue weighted by Crippen LogP contribution is -2.40. The molecule has 2 unspecified atom stereocenters. The van der Waals surface area contributed by atoms with E-state index < -0.39 is 76.5 Å². The lowest BCUT2D eigenvalue weighted by atomic mass is 10.1. The van der Waals surface area contributed by atoms with Crippen molar-refractivity contribution in [3.05, 3.63) is 45.8 Å². The maximum atomic E-state index is 13.9. The molecule has 9 atom stereocenters. The number of phosphoric acid groups is 2. The molecule has 6 rings (SSSR count). The lowest BCUT2D eigenvalue weighted by molar-refractivity contribution is -0.207. The third kappa shape index (κ3) is 6.27. The molecule has 3 N–H and O–H groups in total. The Morgan fingerprint density at radius 3 is 2.51 bits per heavy atom. The number of aromatic amines is 1. The van der Waals surface area contributed by atoms with Crippen LogP contribution in [0.5, 0.6) is 0 Å². The first-order chi connectivity index (χ1) is 21.6. The number of rotatable bonds is 6. The summed E-state index contributed by atoms with van der Waals surface area (Å²) in [5.41, 5.74) is 5.03. The molecule has 0 spiro atoms. The predicted octanol–water partition coefficient (Wildman–Crippen LogP) is 0.416. The minimum Gasteiger partial charge on any atom is -0.382 e. The molecule has 2 bridgehead atoms. The van der Waals surface area contributed by atoms with Gasteiger partial charge in [0.2, 0.25) is 0 Å². The zero-order valence-corrected chi connectivity index (χ0v) is 25.7. The van der Waals surface area contributed by atoms with Gasteiger partial charge < -0.3 is 19.9 Å². The van der Waals surface area contributed by atoms with Crippen LogP contribution in [0.2, 0.25) is 0 Å². The van der Waals surface area contributed by atoms with E-state index >= 15 is 0 Å². The van der Waals surface area contributed by atoms with Gasteiger partial charge in [-0.15, -0.1) is 4.67 Å². The minimum atomic E-state index is -4.59. The van der Waals surface area contributed by atoms with Gasteiger partial charge in [0.25, 0.3) is 5.56 Å². The number of methoxy groups -OCH3 is 1. The van der Waals surface area contributed by atoms with Crippen LogP contribution in [0.15, 0.2) is 34.5 Å². The second-order valence-corrected chi connectivity index (χ2v) is 13.1. The van der Waals surface area contributed by atoms with Crippen molar-refractivity contribution in [2.24, 2.45) is 0 Å². The second-order valence-electron chi connectivity index (χ2n) is 9.87. The van der Waals surface area contributed by atoms with Gasteiger partial charge in [-0.25, -0.2) is 33.8 Å². The first kappa shape index (κ1) is 32.0. The molecule has 6 heterocycles. The molecule has 3 aromatic heterocycles. The van der Waals surface area contributed by atoms with Crippen LogP contribution in [0.1, 0.15) is 18.9 Å². The van der Waals surface area contributed by atoms with Crippen molar-refractivity contribution in [1.82, 2.24) is 29.1 Å². The Hall–Kier alpha value is -2.91. The number of H-pyrrole nitrogens is 1. The van der Waals surface area contributed by atoms with E-state index in [0.717, 1.165) is 24.9 Å². The fraction of sp³-hybridized carbons (Fsp3) is 0.591. The SMILES string of the molecule is COOP1(=O)OC[C@H]2O[C@@H](n3ccc(=O)[nH]c3=O)[C@H](OC)[C@@H]2OP(=O)(OC)OC[C@@H]2C[C@@H](O1)[C@H](n1cnc3c(N)ncnc31)O2. The summed E-state index contributed by atoms with van der Waals surface area (Å²) in [5, 5.41) is 0. The summed E-state index contributed by atoms with van der Waals surface area (Å²) in [4.78, 5) is 43.5. The highest BCUT2D eigenvalue weighted by Gasteiger charge is 2.53. The molecule has 0 amide bonds. The number of aromatic nitrogens is 6. The topological polar surface area (TPSA) is 251 Å². The summed E-state index contributed by atoms with van der Waals surface area (Å²) in [6, 6.07) is 1.09. The number of anilines is 1. The molecule has 3 fully saturated rings. The van der Waals surface area contributed by atoms with E-state index in [1.54, 1.807) is 0 Å². The van der Waals surface area contributed by atoms with E-state index in [1.807, 2.05) is 0 Å².